The standard InChI is InChI=1S/C15H30O6/c1-2-3-4-5-6-7-8-9-11(17)13(19)15(21)14(20)12(18)10-16/h12-16,18-21H,2-10H2,1H3/t12-,13+,14-,15-/m1/s1/i8D/t8?,12-,13+,14-,15-. The van der Waals surface area contributed by atoms with Crippen molar-refractivity contribution in [3.63, 3.8) is 0 Å². The summed E-state index contributed by atoms with van der Waals surface area (Å²) < 4.78 is 7.78. The molecule has 0 aliphatic heterocycles. The molecule has 0 aromatic heterocycles. The highest BCUT2D eigenvalue weighted by molar-refractivity contribution is 5.83. The van der Waals surface area contributed by atoms with E-state index in [-0.39, 0.29) is 6.42 Å². The zero-order chi connectivity index (χ0) is 17.1. The van der Waals surface area contributed by atoms with E-state index in [0.29, 0.717) is 6.42 Å². The van der Waals surface area contributed by atoms with E-state index in [9.17, 15) is 25.2 Å². The first kappa shape index (κ1) is 18.5. The molecule has 1 unspecified atom stereocenters. The lowest BCUT2D eigenvalue weighted by Gasteiger charge is -2.24. The van der Waals surface area contributed by atoms with Gasteiger partial charge in [-0.3, -0.25) is 4.79 Å². The number of aliphatic hydroxyl groups is 5. The van der Waals surface area contributed by atoms with Gasteiger partial charge in [0.1, 0.15) is 24.4 Å². The number of carbonyl (C=O) groups is 1. The quantitative estimate of drug-likeness (QED) is 0.309. The molecule has 0 aromatic rings. The molecule has 5 N–H and O–H groups in total. The Balaban J connectivity index is 4.12. The van der Waals surface area contributed by atoms with E-state index in [1.54, 1.807) is 0 Å². The third kappa shape index (κ3) is 8.48. The Bertz CT molecular complexity index is 302. The van der Waals surface area contributed by atoms with Crippen LogP contribution in [0.5, 0.6) is 0 Å². The molecule has 0 aliphatic rings. The second kappa shape index (κ2) is 12.1. The van der Waals surface area contributed by atoms with Crippen LogP contribution in [0.3, 0.4) is 0 Å². The molecule has 0 bridgehead atoms. The summed E-state index contributed by atoms with van der Waals surface area (Å²) in [6, 6.07) is 0. The molecule has 0 fully saturated rings. The first-order chi connectivity index (χ1) is 10.3. The molecule has 0 amide bonds. The van der Waals surface area contributed by atoms with Crippen LogP contribution in [-0.2, 0) is 4.79 Å². The van der Waals surface area contributed by atoms with Gasteiger partial charge in [0.25, 0.3) is 0 Å². The Morgan fingerprint density at radius 3 is 2.14 bits per heavy atom. The van der Waals surface area contributed by atoms with Gasteiger partial charge in [-0.2, -0.15) is 0 Å². The van der Waals surface area contributed by atoms with Crippen molar-refractivity contribution in [2.24, 2.45) is 0 Å². The topological polar surface area (TPSA) is 118 Å². The van der Waals surface area contributed by atoms with E-state index >= 15 is 0 Å². The number of unbranched alkanes of at least 4 members (excludes halogenated alkanes) is 4. The highest BCUT2D eigenvalue weighted by Crippen LogP contribution is 2.12. The third-order valence-corrected chi connectivity index (χ3v) is 3.44. The first-order valence-corrected chi connectivity index (χ1v) is 7.63. The lowest BCUT2D eigenvalue weighted by Crippen LogP contribution is -2.48. The van der Waals surface area contributed by atoms with E-state index in [1.807, 2.05) is 0 Å². The van der Waals surface area contributed by atoms with Crippen LogP contribution in [-0.4, -0.2) is 62.3 Å². The van der Waals surface area contributed by atoms with Crippen LogP contribution in [0.15, 0.2) is 0 Å². The van der Waals surface area contributed by atoms with Crippen molar-refractivity contribution in [2.45, 2.75) is 82.7 Å². The first-order valence-electron chi connectivity index (χ1n) is 8.20. The van der Waals surface area contributed by atoms with Crippen LogP contribution in [0.4, 0.5) is 0 Å². The summed E-state index contributed by atoms with van der Waals surface area (Å²) in [5.41, 5.74) is 0. The molecule has 0 saturated heterocycles. The summed E-state index contributed by atoms with van der Waals surface area (Å²) in [4.78, 5) is 11.8. The maximum atomic E-state index is 11.8. The molecular formula is C15H30O6. The van der Waals surface area contributed by atoms with Crippen LogP contribution >= 0.6 is 0 Å². The Hall–Kier alpha value is -0.530. The maximum Gasteiger partial charge on any atom is 0.164 e. The molecule has 0 radical (unpaired) electrons. The van der Waals surface area contributed by atoms with E-state index in [2.05, 4.69) is 6.92 Å². The van der Waals surface area contributed by atoms with Crippen molar-refractivity contribution < 1.29 is 31.7 Å². The van der Waals surface area contributed by atoms with Crippen LogP contribution < -0.4 is 0 Å². The average molecular weight is 307 g/mol. The highest BCUT2D eigenvalue weighted by atomic mass is 16.4. The van der Waals surface area contributed by atoms with Crippen LogP contribution in [0.1, 0.15) is 59.6 Å². The Kier molecular flexibility index (Phi) is 10.6. The van der Waals surface area contributed by atoms with Gasteiger partial charge < -0.3 is 25.5 Å². The van der Waals surface area contributed by atoms with Crippen molar-refractivity contribution in [3.05, 3.63) is 0 Å². The summed E-state index contributed by atoms with van der Waals surface area (Å²) in [5.74, 6) is -0.745. The van der Waals surface area contributed by atoms with Crippen LogP contribution in [0.2, 0.25) is 0 Å². The zero-order valence-corrected chi connectivity index (χ0v) is 12.7. The predicted molar refractivity (Wildman–Crippen MR) is 78.7 cm³/mol. The van der Waals surface area contributed by atoms with Gasteiger partial charge in [0.2, 0.25) is 0 Å². The molecule has 0 rings (SSSR count). The summed E-state index contributed by atoms with van der Waals surface area (Å²) in [5, 5.41) is 46.5. The van der Waals surface area contributed by atoms with E-state index < -0.39 is 43.2 Å². The van der Waals surface area contributed by atoms with Crippen molar-refractivity contribution in [2.75, 3.05) is 6.61 Å². The van der Waals surface area contributed by atoms with Gasteiger partial charge in [0.05, 0.1) is 6.61 Å². The normalized spacial score (nSPS) is 19.4. The molecule has 0 saturated carbocycles. The van der Waals surface area contributed by atoms with Gasteiger partial charge in [-0.25, -0.2) is 0 Å². The molecule has 0 heterocycles. The smallest absolute Gasteiger partial charge is 0.164 e. The number of rotatable bonds is 13. The number of ketones is 1. The van der Waals surface area contributed by atoms with Crippen molar-refractivity contribution >= 4 is 5.78 Å². The Morgan fingerprint density at radius 1 is 1.00 bits per heavy atom. The van der Waals surface area contributed by atoms with Gasteiger partial charge in [0, 0.05) is 7.79 Å². The number of Topliss-reactive ketones (excluding diaryl/α,β-unsaturated/α-hetero) is 1. The Morgan fingerprint density at radius 2 is 1.57 bits per heavy atom. The van der Waals surface area contributed by atoms with E-state index in [1.165, 1.54) is 0 Å². The molecule has 126 valence electrons. The molecular weight excluding hydrogens is 276 g/mol. The molecule has 21 heavy (non-hydrogen) atoms. The zero-order valence-electron chi connectivity index (χ0n) is 13.7. The second-order valence-electron chi connectivity index (χ2n) is 5.34. The lowest BCUT2D eigenvalue weighted by atomic mass is 9.97. The van der Waals surface area contributed by atoms with Gasteiger partial charge in [-0.15, -0.1) is 0 Å². The fourth-order valence-corrected chi connectivity index (χ4v) is 1.97. The summed E-state index contributed by atoms with van der Waals surface area (Å²) in [6.45, 7) is 1.32. The van der Waals surface area contributed by atoms with Crippen molar-refractivity contribution in [1.82, 2.24) is 0 Å². The van der Waals surface area contributed by atoms with Gasteiger partial charge >= 0.3 is 0 Å². The van der Waals surface area contributed by atoms with Crippen LogP contribution in [0, 0.1) is 0 Å². The second-order valence-corrected chi connectivity index (χ2v) is 5.34. The highest BCUT2D eigenvalue weighted by Gasteiger charge is 2.33. The number of hydrogen-bond donors (Lipinski definition) is 5. The maximum absolute atomic E-state index is 11.8. The minimum Gasteiger partial charge on any atom is -0.394 e. The molecule has 6 heteroatoms. The predicted octanol–water partition coefficient (Wildman–Crippen LogP) is 0.132. The van der Waals surface area contributed by atoms with Gasteiger partial charge in [-0.1, -0.05) is 45.4 Å². The van der Waals surface area contributed by atoms with Gasteiger partial charge in [-0.05, 0) is 6.40 Å². The SMILES string of the molecule is [2H]C(CCCCCCC)CC(=O)[C@H](O)[C@@H](O)[C@H](O)[C@H](O)CO. The fraction of sp³-hybridized carbons (Fsp3) is 0.933. The average Bonchev–Trinajstić information content (AvgIpc) is 2.51. The fourth-order valence-electron chi connectivity index (χ4n) is 1.97. The summed E-state index contributed by atoms with van der Waals surface area (Å²) >= 11 is 0. The Labute approximate surface area is 127 Å². The molecule has 0 aliphatic carbocycles. The molecule has 0 spiro atoms. The summed E-state index contributed by atoms with van der Waals surface area (Å²) in [6.07, 6.45) is -2.31. The van der Waals surface area contributed by atoms with Crippen LogP contribution in [0.25, 0.3) is 0 Å². The molecule has 0 aromatic carbocycles. The minimum absolute atomic E-state index is 0.214. The van der Waals surface area contributed by atoms with E-state index in [4.69, 9.17) is 6.48 Å². The van der Waals surface area contributed by atoms with E-state index in [0.717, 1.165) is 32.1 Å². The summed E-state index contributed by atoms with van der Waals surface area (Å²) in [7, 11) is 0. The number of hydrogen-bond acceptors (Lipinski definition) is 6. The molecule has 5 atom stereocenters. The molecule has 6 nitrogen and oxygen atoms in total. The van der Waals surface area contributed by atoms with Gasteiger partial charge in [0.15, 0.2) is 5.78 Å². The lowest BCUT2D eigenvalue weighted by molar-refractivity contribution is -0.147. The van der Waals surface area contributed by atoms with Crippen molar-refractivity contribution in [3.8, 4) is 0 Å². The minimum atomic E-state index is -1.88. The van der Waals surface area contributed by atoms with Crippen molar-refractivity contribution in [1.29, 1.82) is 0 Å². The number of carbonyl (C=O) groups excluding carboxylic acids is 1. The third-order valence-electron chi connectivity index (χ3n) is 3.44. The monoisotopic (exact) mass is 307 g/mol. The number of aliphatic hydroxyl groups excluding tert-OH is 5. The largest absolute Gasteiger partial charge is 0.394 e.